The number of amides is 2. The van der Waals surface area contributed by atoms with E-state index in [2.05, 4.69) is 26.6 Å². The lowest BCUT2D eigenvalue weighted by Crippen LogP contribution is -2.27. The van der Waals surface area contributed by atoms with Gasteiger partial charge in [0.25, 0.3) is 5.91 Å². The minimum atomic E-state index is -0.479. The molecule has 0 saturated carbocycles. The van der Waals surface area contributed by atoms with Crippen molar-refractivity contribution in [2.24, 2.45) is 5.41 Å². The molecule has 0 radical (unpaired) electrons. The lowest BCUT2D eigenvalue weighted by Gasteiger charge is -2.18. The molecule has 0 heterocycles. The van der Waals surface area contributed by atoms with Crippen LogP contribution in [0.15, 0.2) is 46.9 Å². The highest BCUT2D eigenvalue weighted by atomic mass is 79.9. The standard InChI is InChI=1S/C19H21BrN2O2/c1-12-8-9-13(10-16(12)20)17(23)21-14-6-5-7-15(11-14)22-18(24)19(2,3)4/h5-11H,1-4H3,(H,21,23)(H,22,24). The molecule has 2 rings (SSSR count). The Balaban J connectivity index is 2.13. The number of carbonyl (C=O) groups excluding carboxylic acids is 2. The third-order valence-electron chi connectivity index (χ3n) is 3.49. The molecule has 0 aliphatic rings. The molecule has 0 aromatic heterocycles. The maximum Gasteiger partial charge on any atom is 0.255 e. The van der Waals surface area contributed by atoms with Gasteiger partial charge in [-0.3, -0.25) is 9.59 Å². The number of hydrogen-bond donors (Lipinski definition) is 2. The molecule has 4 nitrogen and oxygen atoms in total. The molecule has 0 aliphatic carbocycles. The largest absolute Gasteiger partial charge is 0.326 e. The van der Waals surface area contributed by atoms with Gasteiger partial charge in [0.1, 0.15) is 0 Å². The van der Waals surface area contributed by atoms with Crippen molar-refractivity contribution in [1.82, 2.24) is 0 Å². The number of nitrogens with one attached hydrogen (secondary N) is 2. The lowest BCUT2D eigenvalue weighted by atomic mass is 9.95. The number of anilines is 2. The van der Waals surface area contributed by atoms with Crippen molar-refractivity contribution in [1.29, 1.82) is 0 Å². The van der Waals surface area contributed by atoms with E-state index in [-0.39, 0.29) is 11.8 Å². The quantitative estimate of drug-likeness (QED) is 0.777. The predicted molar refractivity (Wildman–Crippen MR) is 101 cm³/mol. The monoisotopic (exact) mass is 388 g/mol. The average molecular weight is 389 g/mol. The molecular weight excluding hydrogens is 368 g/mol. The van der Waals surface area contributed by atoms with Crippen molar-refractivity contribution in [3.8, 4) is 0 Å². The van der Waals surface area contributed by atoms with E-state index in [1.54, 1.807) is 36.4 Å². The molecule has 126 valence electrons. The molecule has 0 fully saturated rings. The van der Waals surface area contributed by atoms with Crippen LogP contribution in [0.3, 0.4) is 0 Å². The normalized spacial score (nSPS) is 11.0. The molecule has 2 N–H and O–H groups in total. The highest BCUT2D eigenvalue weighted by Crippen LogP contribution is 2.21. The average Bonchev–Trinajstić information content (AvgIpc) is 2.49. The highest BCUT2D eigenvalue weighted by molar-refractivity contribution is 9.10. The van der Waals surface area contributed by atoms with Crippen molar-refractivity contribution in [3.63, 3.8) is 0 Å². The van der Waals surface area contributed by atoms with Gasteiger partial charge < -0.3 is 10.6 Å². The maximum absolute atomic E-state index is 12.4. The summed E-state index contributed by atoms with van der Waals surface area (Å²) in [5.74, 6) is -0.275. The van der Waals surface area contributed by atoms with E-state index in [1.165, 1.54) is 0 Å². The van der Waals surface area contributed by atoms with Crippen molar-refractivity contribution in [2.45, 2.75) is 27.7 Å². The molecule has 0 saturated heterocycles. The van der Waals surface area contributed by atoms with E-state index in [1.807, 2.05) is 33.8 Å². The summed E-state index contributed by atoms with van der Waals surface area (Å²) in [5.41, 5.74) is 2.43. The van der Waals surface area contributed by atoms with Crippen molar-refractivity contribution < 1.29 is 9.59 Å². The van der Waals surface area contributed by atoms with Crippen molar-refractivity contribution in [2.75, 3.05) is 10.6 Å². The van der Waals surface area contributed by atoms with Gasteiger partial charge in [-0.2, -0.15) is 0 Å². The van der Waals surface area contributed by atoms with Gasteiger partial charge in [-0.25, -0.2) is 0 Å². The third kappa shape index (κ3) is 4.68. The lowest BCUT2D eigenvalue weighted by molar-refractivity contribution is -0.123. The molecule has 5 heteroatoms. The van der Waals surface area contributed by atoms with Gasteiger partial charge in [-0.15, -0.1) is 0 Å². The van der Waals surface area contributed by atoms with E-state index in [4.69, 9.17) is 0 Å². The summed E-state index contributed by atoms with van der Waals surface area (Å²) >= 11 is 3.43. The Morgan fingerprint density at radius 2 is 1.58 bits per heavy atom. The highest BCUT2D eigenvalue weighted by Gasteiger charge is 2.21. The fourth-order valence-corrected chi connectivity index (χ4v) is 2.31. The first-order valence-electron chi connectivity index (χ1n) is 7.66. The van der Waals surface area contributed by atoms with Crippen LogP contribution in [-0.4, -0.2) is 11.8 Å². The van der Waals surface area contributed by atoms with E-state index < -0.39 is 5.41 Å². The molecule has 2 amide bonds. The Morgan fingerprint density at radius 3 is 2.17 bits per heavy atom. The van der Waals surface area contributed by atoms with Crippen LogP contribution in [0.1, 0.15) is 36.7 Å². The smallest absolute Gasteiger partial charge is 0.255 e. The van der Waals surface area contributed by atoms with Gasteiger partial charge in [-0.1, -0.05) is 48.8 Å². The Morgan fingerprint density at radius 1 is 0.958 bits per heavy atom. The van der Waals surface area contributed by atoms with Crippen LogP contribution < -0.4 is 10.6 Å². The van der Waals surface area contributed by atoms with Crippen LogP contribution in [-0.2, 0) is 4.79 Å². The Labute approximate surface area is 150 Å². The Kier molecular flexibility index (Phi) is 5.44. The molecule has 0 bridgehead atoms. The first-order chi connectivity index (χ1) is 11.2. The van der Waals surface area contributed by atoms with Gasteiger partial charge in [-0.05, 0) is 42.8 Å². The van der Waals surface area contributed by atoms with Gasteiger partial charge in [0.05, 0.1) is 0 Å². The zero-order valence-corrected chi connectivity index (χ0v) is 15.8. The van der Waals surface area contributed by atoms with Crippen LogP contribution in [0.2, 0.25) is 0 Å². The summed E-state index contributed by atoms with van der Waals surface area (Å²) in [4.78, 5) is 24.4. The molecule has 24 heavy (non-hydrogen) atoms. The number of carbonyl (C=O) groups is 2. The molecule has 0 aliphatic heterocycles. The van der Waals surface area contributed by atoms with Crippen molar-refractivity contribution >= 4 is 39.1 Å². The van der Waals surface area contributed by atoms with Crippen LogP contribution in [0.25, 0.3) is 0 Å². The molecular formula is C19H21BrN2O2. The molecule has 2 aromatic rings. The van der Waals surface area contributed by atoms with Gasteiger partial charge in [0.2, 0.25) is 5.91 Å². The minimum Gasteiger partial charge on any atom is -0.326 e. The minimum absolute atomic E-state index is 0.0755. The zero-order valence-electron chi connectivity index (χ0n) is 14.2. The maximum atomic E-state index is 12.4. The van der Waals surface area contributed by atoms with Crippen LogP contribution in [0.5, 0.6) is 0 Å². The Bertz CT molecular complexity index is 779. The van der Waals surface area contributed by atoms with Crippen LogP contribution in [0.4, 0.5) is 11.4 Å². The fraction of sp³-hybridized carbons (Fsp3) is 0.263. The number of halogens is 1. The molecule has 2 aromatic carbocycles. The fourth-order valence-electron chi connectivity index (χ4n) is 1.93. The van der Waals surface area contributed by atoms with E-state index in [0.29, 0.717) is 16.9 Å². The van der Waals surface area contributed by atoms with Gasteiger partial charge in [0, 0.05) is 26.8 Å². The topological polar surface area (TPSA) is 58.2 Å². The SMILES string of the molecule is Cc1ccc(C(=O)Nc2cccc(NC(=O)C(C)(C)C)c2)cc1Br. The predicted octanol–water partition coefficient (Wildman–Crippen LogP) is 4.99. The first kappa shape index (κ1) is 18.2. The van der Waals surface area contributed by atoms with E-state index >= 15 is 0 Å². The summed E-state index contributed by atoms with van der Waals surface area (Å²) in [6, 6.07) is 12.6. The van der Waals surface area contributed by atoms with E-state index in [0.717, 1.165) is 10.0 Å². The molecule has 0 spiro atoms. The zero-order chi connectivity index (χ0) is 17.9. The number of hydrogen-bond acceptors (Lipinski definition) is 2. The summed E-state index contributed by atoms with van der Waals surface area (Å²) < 4.78 is 0.890. The van der Waals surface area contributed by atoms with Crippen LogP contribution >= 0.6 is 15.9 Å². The second kappa shape index (κ2) is 7.18. The number of aryl methyl sites for hydroxylation is 1. The Hall–Kier alpha value is -2.14. The summed E-state index contributed by atoms with van der Waals surface area (Å²) in [7, 11) is 0. The third-order valence-corrected chi connectivity index (χ3v) is 4.35. The van der Waals surface area contributed by atoms with Gasteiger partial charge >= 0.3 is 0 Å². The van der Waals surface area contributed by atoms with Crippen molar-refractivity contribution in [3.05, 3.63) is 58.1 Å². The van der Waals surface area contributed by atoms with E-state index in [9.17, 15) is 9.59 Å². The second-order valence-electron chi connectivity index (χ2n) is 6.70. The van der Waals surface area contributed by atoms with Crippen LogP contribution in [0, 0.1) is 12.3 Å². The molecule has 0 unspecified atom stereocenters. The number of benzene rings is 2. The molecule has 0 atom stereocenters. The summed E-state index contributed by atoms with van der Waals surface area (Å²) in [6.45, 7) is 7.52. The summed E-state index contributed by atoms with van der Waals surface area (Å²) in [5, 5.41) is 5.70. The second-order valence-corrected chi connectivity index (χ2v) is 7.56. The van der Waals surface area contributed by atoms with Gasteiger partial charge in [0.15, 0.2) is 0 Å². The number of rotatable bonds is 3. The first-order valence-corrected chi connectivity index (χ1v) is 8.45. The summed E-state index contributed by atoms with van der Waals surface area (Å²) in [6.07, 6.45) is 0.